The largest absolute Gasteiger partial charge is 0.364 e. The van der Waals surface area contributed by atoms with Gasteiger partial charge in [0.25, 0.3) is 5.91 Å². The van der Waals surface area contributed by atoms with Crippen LogP contribution >= 0.6 is 0 Å². The maximum absolute atomic E-state index is 12.5. The second-order valence-electron chi connectivity index (χ2n) is 3.27. The summed E-state index contributed by atoms with van der Waals surface area (Å²) in [4.78, 5) is 10.2. The summed E-state index contributed by atoms with van der Waals surface area (Å²) in [5.41, 5.74) is 4.48. The fourth-order valence-electron chi connectivity index (χ4n) is 0.953. The van der Waals surface area contributed by atoms with E-state index in [-0.39, 0.29) is 6.04 Å². The van der Waals surface area contributed by atoms with Crippen LogP contribution in [0.5, 0.6) is 0 Å². The molecular weight excluding hydrogens is 166 g/mol. The summed E-state index contributed by atoms with van der Waals surface area (Å²) in [5, 5.41) is 2.58. The van der Waals surface area contributed by atoms with Crippen LogP contribution in [0.1, 0.15) is 13.3 Å². The Morgan fingerprint density at radius 2 is 2.25 bits per heavy atom. The minimum Gasteiger partial charge on any atom is -0.364 e. The summed E-state index contributed by atoms with van der Waals surface area (Å²) in [6.07, 6.45) is 0.898. The first-order chi connectivity index (χ1) is 5.43. The molecule has 5 heteroatoms. The Morgan fingerprint density at radius 1 is 1.75 bits per heavy atom. The van der Waals surface area contributed by atoms with Gasteiger partial charge in [-0.2, -0.15) is 8.78 Å². The molecule has 1 rings (SSSR count). The number of primary amides is 1. The van der Waals surface area contributed by atoms with Crippen molar-refractivity contribution in [1.82, 2.24) is 5.32 Å². The first kappa shape index (κ1) is 9.38. The molecule has 12 heavy (non-hydrogen) atoms. The van der Waals surface area contributed by atoms with E-state index in [0.29, 0.717) is 5.92 Å². The van der Waals surface area contributed by atoms with E-state index < -0.39 is 18.4 Å². The molecule has 0 aliphatic heterocycles. The fourth-order valence-corrected chi connectivity index (χ4v) is 0.953. The number of nitrogens with one attached hydrogen (secondary N) is 1. The molecule has 2 unspecified atom stereocenters. The Labute approximate surface area is 69.3 Å². The van der Waals surface area contributed by atoms with Gasteiger partial charge in [0.05, 0.1) is 6.54 Å². The lowest BCUT2D eigenvalue weighted by Gasteiger charge is -2.12. The summed E-state index contributed by atoms with van der Waals surface area (Å²) < 4.78 is 25.0. The van der Waals surface area contributed by atoms with Crippen LogP contribution in [0.2, 0.25) is 0 Å². The zero-order valence-electron chi connectivity index (χ0n) is 6.81. The molecule has 1 saturated carbocycles. The van der Waals surface area contributed by atoms with Crippen molar-refractivity contribution in [3.8, 4) is 0 Å². The van der Waals surface area contributed by atoms with Crippen molar-refractivity contribution < 1.29 is 13.6 Å². The molecule has 2 atom stereocenters. The molecular formula is C7H12F2N2O. The number of rotatable bonds is 4. The first-order valence-corrected chi connectivity index (χ1v) is 3.84. The number of carbonyl (C=O) groups is 1. The number of nitrogens with two attached hydrogens (primary N) is 1. The van der Waals surface area contributed by atoms with Crippen LogP contribution in [-0.4, -0.2) is 24.4 Å². The quantitative estimate of drug-likeness (QED) is 0.641. The van der Waals surface area contributed by atoms with Crippen LogP contribution in [0, 0.1) is 5.92 Å². The van der Waals surface area contributed by atoms with E-state index in [2.05, 4.69) is 11.1 Å². The smallest absolute Gasteiger partial charge is 0.336 e. The zero-order valence-corrected chi connectivity index (χ0v) is 6.81. The molecule has 0 heterocycles. The molecule has 1 aliphatic carbocycles. The Balaban J connectivity index is 2.25. The van der Waals surface area contributed by atoms with Gasteiger partial charge in [0.15, 0.2) is 0 Å². The lowest BCUT2D eigenvalue weighted by Crippen LogP contribution is -2.44. The summed E-state index contributed by atoms with van der Waals surface area (Å²) in [5.74, 6) is -4.54. The highest BCUT2D eigenvalue weighted by molar-refractivity contribution is 5.81. The third-order valence-electron chi connectivity index (χ3n) is 2.06. The van der Waals surface area contributed by atoms with E-state index in [1.54, 1.807) is 0 Å². The summed E-state index contributed by atoms with van der Waals surface area (Å²) in [7, 11) is 0. The third-order valence-corrected chi connectivity index (χ3v) is 2.06. The Kier molecular flexibility index (Phi) is 2.32. The molecule has 0 aromatic carbocycles. The highest BCUT2D eigenvalue weighted by Gasteiger charge is 2.40. The lowest BCUT2D eigenvalue weighted by molar-refractivity contribution is -0.141. The van der Waals surface area contributed by atoms with E-state index in [4.69, 9.17) is 0 Å². The van der Waals surface area contributed by atoms with Crippen molar-refractivity contribution in [2.45, 2.75) is 25.3 Å². The SMILES string of the molecule is CC1CC1NCC(F)(F)C(N)=O. The van der Waals surface area contributed by atoms with Gasteiger partial charge in [0, 0.05) is 6.04 Å². The van der Waals surface area contributed by atoms with Crippen LogP contribution in [0.3, 0.4) is 0 Å². The molecule has 0 radical (unpaired) electrons. The maximum atomic E-state index is 12.5. The number of carbonyl (C=O) groups excluding carboxylic acids is 1. The van der Waals surface area contributed by atoms with Crippen LogP contribution in [0.4, 0.5) is 8.78 Å². The predicted molar refractivity (Wildman–Crippen MR) is 39.7 cm³/mol. The van der Waals surface area contributed by atoms with Crippen LogP contribution in [0.25, 0.3) is 0 Å². The average molecular weight is 178 g/mol. The van der Waals surface area contributed by atoms with Gasteiger partial charge in [-0.1, -0.05) is 6.92 Å². The fraction of sp³-hybridized carbons (Fsp3) is 0.857. The van der Waals surface area contributed by atoms with Crippen molar-refractivity contribution >= 4 is 5.91 Å². The molecule has 1 fully saturated rings. The molecule has 0 spiro atoms. The standard InChI is InChI=1S/C7H12F2N2O/c1-4-2-5(4)11-3-7(8,9)6(10)12/h4-5,11H,2-3H2,1H3,(H2,10,12). The molecule has 0 bridgehead atoms. The van der Waals surface area contributed by atoms with Gasteiger partial charge in [-0.3, -0.25) is 4.79 Å². The average Bonchev–Trinajstić information content (AvgIpc) is 2.62. The molecule has 3 N–H and O–H groups in total. The van der Waals surface area contributed by atoms with Crippen molar-refractivity contribution in [1.29, 1.82) is 0 Å². The first-order valence-electron chi connectivity index (χ1n) is 3.84. The number of hydrogen-bond acceptors (Lipinski definition) is 2. The van der Waals surface area contributed by atoms with E-state index in [1.165, 1.54) is 0 Å². The second-order valence-corrected chi connectivity index (χ2v) is 3.27. The highest BCUT2D eigenvalue weighted by Crippen LogP contribution is 2.29. The van der Waals surface area contributed by atoms with Crippen LogP contribution < -0.4 is 11.1 Å². The monoisotopic (exact) mass is 178 g/mol. The van der Waals surface area contributed by atoms with E-state index in [1.807, 2.05) is 6.92 Å². The van der Waals surface area contributed by atoms with Gasteiger partial charge in [0.2, 0.25) is 0 Å². The van der Waals surface area contributed by atoms with E-state index in [0.717, 1.165) is 6.42 Å². The van der Waals surface area contributed by atoms with Gasteiger partial charge in [0.1, 0.15) is 0 Å². The molecule has 70 valence electrons. The van der Waals surface area contributed by atoms with E-state index in [9.17, 15) is 13.6 Å². The van der Waals surface area contributed by atoms with E-state index >= 15 is 0 Å². The Morgan fingerprint density at radius 3 is 2.58 bits per heavy atom. The number of hydrogen-bond donors (Lipinski definition) is 2. The maximum Gasteiger partial charge on any atom is 0.336 e. The van der Waals surface area contributed by atoms with Gasteiger partial charge in [-0.25, -0.2) is 0 Å². The topological polar surface area (TPSA) is 55.1 Å². The van der Waals surface area contributed by atoms with Gasteiger partial charge in [-0.05, 0) is 12.3 Å². The minimum absolute atomic E-state index is 0.134. The van der Waals surface area contributed by atoms with Gasteiger partial charge < -0.3 is 11.1 Å². The summed E-state index contributed by atoms with van der Waals surface area (Å²) in [6.45, 7) is 1.32. The zero-order chi connectivity index (χ0) is 9.35. The molecule has 0 saturated heterocycles. The summed E-state index contributed by atoms with van der Waals surface area (Å²) in [6, 6.07) is 0.134. The molecule has 1 aliphatic rings. The molecule has 3 nitrogen and oxygen atoms in total. The lowest BCUT2D eigenvalue weighted by atomic mass is 10.3. The van der Waals surface area contributed by atoms with Crippen molar-refractivity contribution in [2.24, 2.45) is 11.7 Å². The van der Waals surface area contributed by atoms with Crippen molar-refractivity contribution in [3.05, 3.63) is 0 Å². The predicted octanol–water partition coefficient (Wildman–Crippen LogP) is 0.105. The Hall–Kier alpha value is -0.710. The minimum atomic E-state index is -3.41. The highest BCUT2D eigenvalue weighted by atomic mass is 19.3. The number of amides is 1. The second kappa shape index (κ2) is 2.97. The number of halogens is 2. The molecule has 1 amide bonds. The molecule has 0 aromatic heterocycles. The van der Waals surface area contributed by atoms with Crippen LogP contribution in [-0.2, 0) is 4.79 Å². The number of alkyl halides is 2. The third kappa shape index (κ3) is 2.14. The Bertz CT molecular complexity index is 196. The van der Waals surface area contributed by atoms with Crippen molar-refractivity contribution in [3.63, 3.8) is 0 Å². The molecule has 0 aromatic rings. The summed E-state index contributed by atoms with van der Waals surface area (Å²) >= 11 is 0. The van der Waals surface area contributed by atoms with Gasteiger partial charge in [-0.15, -0.1) is 0 Å². The van der Waals surface area contributed by atoms with Crippen LogP contribution in [0.15, 0.2) is 0 Å². The van der Waals surface area contributed by atoms with Crippen molar-refractivity contribution in [2.75, 3.05) is 6.54 Å². The van der Waals surface area contributed by atoms with Gasteiger partial charge >= 0.3 is 5.92 Å². The normalized spacial score (nSPS) is 28.6.